The van der Waals surface area contributed by atoms with Gasteiger partial charge in [-0.1, -0.05) is 18.2 Å². The average molecular weight is 357 g/mol. The van der Waals surface area contributed by atoms with Crippen molar-refractivity contribution in [2.45, 2.75) is 45.1 Å². The quantitative estimate of drug-likeness (QED) is 0.819. The first-order valence-corrected chi connectivity index (χ1v) is 7.99. The molecule has 1 aromatic rings. The largest absolute Gasteiger partial charge is 0.491 e. The predicted octanol–water partition coefficient (Wildman–Crippen LogP) is 3.60. The van der Waals surface area contributed by atoms with Crippen molar-refractivity contribution in [3.8, 4) is 5.75 Å². The predicted molar refractivity (Wildman–Crippen MR) is 91.1 cm³/mol. The summed E-state index contributed by atoms with van der Waals surface area (Å²) in [5.41, 5.74) is 6.41. The standard InChI is InChI=1S/C17H23BF3NO3/c1-15(2)16(3,4)25-18(24-15)13(10-22)9-12-5-7-14(8-6-12)23-11-17(19,20)21/h5-9H,10-11,22H2,1-4H3. The molecule has 0 unspecified atom stereocenters. The van der Waals surface area contributed by atoms with Crippen LogP contribution in [0, 0.1) is 0 Å². The summed E-state index contributed by atoms with van der Waals surface area (Å²) in [6.45, 7) is 6.73. The molecule has 1 saturated heterocycles. The van der Waals surface area contributed by atoms with E-state index in [4.69, 9.17) is 19.8 Å². The number of halogens is 3. The van der Waals surface area contributed by atoms with E-state index >= 15 is 0 Å². The maximum atomic E-state index is 12.2. The van der Waals surface area contributed by atoms with Gasteiger partial charge in [-0.15, -0.1) is 0 Å². The van der Waals surface area contributed by atoms with E-state index in [9.17, 15) is 13.2 Å². The Labute approximate surface area is 146 Å². The van der Waals surface area contributed by atoms with Crippen molar-refractivity contribution in [2.24, 2.45) is 5.73 Å². The zero-order valence-electron chi connectivity index (χ0n) is 14.8. The lowest BCUT2D eigenvalue weighted by Gasteiger charge is -2.32. The lowest BCUT2D eigenvalue weighted by Crippen LogP contribution is -2.41. The highest BCUT2D eigenvalue weighted by Crippen LogP contribution is 2.38. The van der Waals surface area contributed by atoms with Crippen molar-refractivity contribution in [1.29, 1.82) is 0 Å². The fourth-order valence-corrected chi connectivity index (χ4v) is 2.26. The highest BCUT2D eigenvalue weighted by atomic mass is 19.4. The Morgan fingerprint density at radius 1 is 1.12 bits per heavy atom. The Kier molecular flexibility index (Phi) is 5.56. The highest BCUT2D eigenvalue weighted by molar-refractivity contribution is 6.55. The summed E-state index contributed by atoms with van der Waals surface area (Å²) in [4.78, 5) is 0. The summed E-state index contributed by atoms with van der Waals surface area (Å²) in [7, 11) is -0.559. The van der Waals surface area contributed by atoms with Gasteiger partial charge in [0.1, 0.15) is 5.75 Å². The molecule has 2 rings (SSSR count). The third kappa shape index (κ3) is 4.99. The Bertz CT molecular complexity index is 611. The van der Waals surface area contributed by atoms with Crippen molar-refractivity contribution in [1.82, 2.24) is 0 Å². The molecular weight excluding hydrogens is 334 g/mol. The Balaban J connectivity index is 2.10. The van der Waals surface area contributed by atoms with Crippen LogP contribution in [0.15, 0.2) is 29.7 Å². The molecule has 0 amide bonds. The normalized spacial score (nSPS) is 20.0. The van der Waals surface area contributed by atoms with Gasteiger partial charge in [-0.2, -0.15) is 13.2 Å². The van der Waals surface area contributed by atoms with Gasteiger partial charge >= 0.3 is 13.3 Å². The van der Waals surface area contributed by atoms with Gasteiger partial charge in [0.2, 0.25) is 0 Å². The second kappa shape index (κ2) is 7.01. The molecule has 0 atom stereocenters. The summed E-state index contributed by atoms with van der Waals surface area (Å²) < 4.78 is 53.1. The Hall–Kier alpha value is -1.51. The maximum absolute atomic E-state index is 12.2. The van der Waals surface area contributed by atoms with Crippen LogP contribution in [0.4, 0.5) is 13.2 Å². The third-order valence-electron chi connectivity index (χ3n) is 4.43. The van der Waals surface area contributed by atoms with Gasteiger partial charge in [0.05, 0.1) is 11.2 Å². The molecule has 1 aliphatic heterocycles. The van der Waals surface area contributed by atoms with Gasteiger partial charge < -0.3 is 19.8 Å². The van der Waals surface area contributed by atoms with Crippen molar-refractivity contribution in [2.75, 3.05) is 13.2 Å². The number of hydrogen-bond acceptors (Lipinski definition) is 4. The van der Waals surface area contributed by atoms with Gasteiger partial charge in [0, 0.05) is 6.54 Å². The first-order valence-electron chi connectivity index (χ1n) is 7.99. The summed E-state index contributed by atoms with van der Waals surface area (Å²) >= 11 is 0. The van der Waals surface area contributed by atoms with E-state index < -0.39 is 31.1 Å². The molecule has 1 heterocycles. The number of benzene rings is 1. The molecule has 0 saturated carbocycles. The lowest BCUT2D eigenvalue weighted by molar-refractivity contribution is -0.153. The smallest absolute Gasteiger partial charge is 0.484 e. The lowest BCUT2D eigenvalue weighted by atomic mass is 9.77. The molecule has 0 aliphatic carbocycles. The summed E-state index contributed by atoms with van der Waals surface area (Å²) in [6, 6.07) is 6.28. The molecule has 1 fully saturated rings. The summed E-state index contributed by atoms with van der Waals surface area (Å²) in [5, 5.41) is 0. The van der Waals surface area contributed by atoms with Gasteiger partial charge in [0.15, 0.2) is 6.61 Å². The molecule has 2 N–H and O–H groups in total. The number of ether oxygens (including phenoxy) is 1. The minimum absolute atomic E-state index is 0.152. The van der Waals surface area contributed by atoms with Crippen LogP contribution in [0.25, 0.3) is 6.08 Å². The van der Waals surface area contributed by atoms with Crippen molar-refractivity contribution in [3.63, 3.8) is 0 Å². The maximum Gasteiger partial charge on any atom is 0.491 e. The molecule has 4 nitrogen and oxygen atoms in total. The number of rotatable bonds is 5. The van der Waals surface area contributed by atoms with Crippen LogP contribution in [-0.4, -0.2) is 37.6 Å². The van der Waals surface area contributed by atoms with Crippen LogP contribution in [-0.2, 0) is 9.31 Å². The van der Waals surface area contributed by atoms with Crippen molar-refractivity contribution < 1.29 is 27.2 Å². The zero-order valence-corrected chi connectivity index (χ0v) is 14.8. The van der Waals surface area contributed by atoms with Crippen LogP contribution in [0.3, 0.4) is 0 Å². The van der Waals surface area contributed by atoms with Crippen molar-refractivity contribution >= 4 is 13.2 Å². The van der Waals surface area contributed by atoms with E-state index in [1.807, 2.05) is 33.8 Å². The molecule has 0 bridgehead atoms. The SMILES string of the molecule is CC1(C)OB(C(=Cc2ccc(OCC(F)(F)F)cc2)CN)OC1(C)C. The summed E-state index contributed by atoms with van der Waals surface area (Å²) in [5.74, 6) is 0.152. The molecule has 8 heteroatoms. The second-order valence-corrected chi connectivity index (χ2v) is 6.98. The molecule has 1 aliphatic rings. The van der Waals surface area contributed by atoms with Crippen LogP contribution in [0.1, 0.15) is 33.3 Å². The Morgan fingerprint density at radius 3 is 2.08 bits per heavy atom. The molecule has 0 spiro atoms. The van der Waals surface area contributed by atoms with E-state index in [1.54, 1.807) is 12.1 Å². The monoisotopic (exact) mass is 357 g/mol. The van der Waals surface area contributed by atoms with Crippen LogP contribution in [0.2, 0.25) is 0 Å². The fraction of sp³-hybridized carbons (Fsp3) is 0.529. The minimum Gasteiger partial charge on any atom is -0.484 e. The number of hydrogen-bond donors (Lipinski definition) is 1. The molecule has 25 heavy (non-hydrogen) atoms. The number of alkyl halides is 3. The van der Waals surface area contributed by atoms with E-state index in [0.29, 0.717) is 0 Å². The summed E-state index contributed by atoms with van der Waals surface area (Å²) in [6.07, 6.45) is -2.54. The van der Waals surface area contributed by atoms with E-state index in [1.165, 1.54) is 12.1 Å². The van der Waals surface area contributed by atoms with E-state index in [2.05, 4.69) is 0 Å². The average Bonchev–Trinajstić information content (AvgIpc) is 2.71. The van der Waals surface area contributed by atoms with Gasteiger partial charge in [-0.25, -0.2) is 0 Å². The van der Waals surface area contributed by atoms with Crippen LogP contribution >= 0.6 is 0 Å². The molecular formula is C17H23BF3NO3. The van der Waals surface area contributed by atoms with Crippen LogP contribution < -0.4 is 10.5 Å². The molecule has 138 valence electrons. The Morgan fingerprint density at radius 2 is 1.64 bits per heavy atom. The van der Waals surface area contributed by atoms with Gasteiger partial charge in [0.25, 0.3) is 0 Å². The second-order valence-electron chi connectivity index (χ2n) is 6.98. The fourth-order valence-electron chi connectivity index (χ4n) is 2.26. The van der Waals surface area contributed by atoms with Gasteiger partial charge in [-0.05, 0) is 50.9 Å². The van der Waals surface area contributed by atoms with Crippen molar-refractivity contribution in [3.05, 3.63) is 35.3 Å². The highest BCUT2D eigenvalue weighted by Gasteiger charge is 2.52. The zero-order chi connectivity index (χ0) is 18.9. The molecule has 1 aromatic carbocycles. The van der Waals surface area contributed by atoms with Crippen LogP contribution in [0.5, 0.6) is 5.75 Å². The number of nitrogens with two attached hydrogens (primary N) is 1. The van der Waals surface area contributed by atoms with E-state index in [0.717, 1.165) is 11.0 Å². The molecule has 0 aromatic heterocycles. The van der Waals surface area contributed by atoms with Gasteiger partial charge in [-0.3, -0.25) is 0 Å². The first kappa shape index (κ1) is 19.8. The molecule has 0 radical (unpaired) electrons. The minimum atomic E-state index is -4.36. The third-order valence-corrected chi connectivity index (χ3v) is 4.43. The first-order chi connectivity index (χ1) is 11.4. The van der Waals surface area contributed by atoms with E-state index in [-0.39, 0.29) is 12.3 Å². The topological polar surface area (TPSA) is 53.7 Å².